The molecular weight excluding hydrogens is 424 g/mol. The number of carboxylic acids is 1. The van der Waals surface area contributed by atoms with Crippen LogP contribution in [-0.4, -0.2) is 29.1 Å². The van der Waals surface area contributed by atoms with Gasteiger partial charge in [0.05, 0.1) is 5.56 Å². The Hall–Kier alpha value is -2.54. The third kappa shape index (κ3) is 6.56. The van der Waals surface area contributed by atoms with Crippen molar-refractivity contribution in [3.8, 4) is 5.75 Å². The second-order valence-electron chi connectivity index (χ2n) is 7.53. The van der Waals surface area contributed by atoms with Crippen LogP contribution in [0, 0.1) is 6.92 Å². The molecule has 0 aromatic heterocycles. The highest BCUT2D eigenvalue weighted by atomic mass is 79.9. The van der Waals surface area contributed by atoms with Crippen LogP contribution in [0.1, 0.15) is 42.3 Å². The van der Waals surface area contributed by atoms with Gasteiger partial charge in [-0.05, 0) is 63.6 Å². The smallest absolute Gasteiger partial charge is 0.335 e. The van der Waals surface area contributed by atoms with Crippen molar-refractivity contribution in [1.29, 1.82) is 0 Å². The van der Waals surface area contributed by atoms with Crippen molar-refractivity contribution >= 4 is 33.5 Å². The van der Waals surface area contributed by atoms with E-state index in [0.29, 0.717) is 12.3 Å². The molecule has 0 unspecified atom stereocenters. The third-order valence-corrected chi connectivity index (χ3v) is 4.34. The minimum atomic E-state index is -0.973. The minimum absolute atomic E-state index is 0.0839. The van der Waals surface area contributed by atoms with Crippen molar-refractivity contribution < 1.29 is 19.4 Å². The first kappa shape index (κ1) is 21.8. The fraction of sp³-hybridized carbons (Fsp3) is 0.333. The number of aromatic carboxylic acids is 1. The Morgan fingerprint density at radius 1 is 1.14 bits per heavy atom. The molecule has 0 aliphatic heterocycles. The maximum absolute atomic E-state index is 12.0. The summed E-state index contributed by atoms with van der Waals surface area (Å²) in [5.41, 5.74) is 2.41. The topological polar surface area (TPSA) is 87.7 Å². The lowest BCUT2D eigenvalue weighted by molar-refractivity contribution is -0.124. The molecule has 0 heterocycles. The zero-order valence-electron chi connectivity index (χ0n) is 16.4. The van der Waals surface area contributed by atoms with Gasteiger partial charge in [0.2, 0.25) is 0 Å². The van der Waals surface area contributed by atoms with Crippen molar-refractivity contribution in [2.24, 2.45) is 0 Å². The van der Waals surface area contributed by atoms with Gasteiger partial charge < -0.3 is 20.5 Å². The number of benzene rings is 2. The SMILES string of the molecule is Cc1ccc(C(=O)O)cc1NCc1cc(Br)ccc1OCC(=O)NC(C)(C)C. The van der Waals surface area contributed by atoms with Gasteiger partial charge in [-0.3, -0.25) is 4.79 Å². The zero-order valence-corrected chi connectivity index (χ0v) is 18.0. The molecule has 0 atom stereocenters. The van der Waals surface area contributed by atoms with E-state index < -0.39 is 5.97 Å². The molecule has 150 valence electrons. The molecule has 0 fully saturated rings. The number of carbonyl (C=O) groups is 2. The molecule has 2 aromatic carbocycles. The molecular formula is C21H25BrN2O4. The Bertz CT molecular complexity index is 875. The van der Waals surface area contributed by atoms with Gasteiger partial charge in [-0.2, -0.15) is 0 Å². The Kier molecular flexibility index (Phi) is 7.07. The summed E-state index contributed by atoms with van der Waals surface area (Å²) in [6, 6.07) is 10.5. The summed E-state index contributed by atoms with van der Waals surface area (Å²) in [4.78, 5) is 23.2. The van der Waals surface area contributed by atoms with Gasteiger partial charge >= 0.3 is 5.97 Å². The number of hydrogen-bond acceptors (Lipinski definition) is 4. The van der Waals surface area contributed by atoms with Crippen LogP contribution in [0.25, 0.3) is 0 Å². The van der Waals surface area contributed by atoms with Crippen LogP contribution in [-0.2, 0) is 11.3 Å². The summed E-state index contributed by atoms with van der Waals surface area (Å²) < 4.78 is 6.59. The second kappa shape index (κ2) is 9.10. The van der Waals surface area contributed by atoms with Crippen LogP contribution < -0.4 is 15.4 Å². The van der Waals surface area contributed by atoms with Gasteiger partial charge in [0.1, 0.15) is 5.75 Å². The van der Waals surface area contributed by atoms with E-state index in [2.05, 4.69) is 26.6 Å². The number of ether oxygens (including phenoxy) is 1. The van der Waals surface area contributed by atoms with E-state index in [1.54, 1.807) is 24.3 Å². The van der Waals surface area contributed by atoms with E-state index in [1.165, 1.54) is 0 Å². The van der Waals surface area contributed by atoms with Crippen molar-refractivity contribution in [3.05, 3.63) is 57.6 Å². The normalized spacial score (nSPS) is 11.0. The first-order chi connectivity index (χ1) is 13.0. The Balaban J connectivity index is 2.11. The van der Waals surface area contributed by atoms with Crippen molar-refractivity contribution in [2.75, 3.05) is 11.9 Å². The fourth-order valence-corrected chi connectivity index (χ4v) is 2.97. The van der Waals surface area contributed by atoms with E-state index >= 15 is 0 Å². The lowest BCUT2D eigenvalue weighted by Gasteiger charge is -2.21. The molecule has 0 saturated carbocycles. The van der Waals surface area contributed by atoms with Gasteiger partial charge in [-0.1, -0.05) is 22.0 Å². The van der Waals surface area contributed by atoms with Crippen LogP contribution in [0.2, 0.25) is 0 Å². The number of nitrogens with one attached hydrogen (secondary N) is 2. The number of amides is 1. The number of aryl methyl sites for hydroxylation is 1. The van der Waals surface area contributed by atoms with Gasteiger partial charge in [-0.25, -0.2) is 4.79 Å². The first-order valence-corrected chi connectivity index (χ1v) is 9.64. The maximum Gasteiger partial charge on any atom is 0.335 e. The van der Waals surface area contributed by atoms with E-state index in [1.807, 2.05) is 39.8 Å². The molecule has 28 heavy (non-hydrogen) atoms. The van der Waals surface area contributed by atoms with Crippen LogP contribution >= 0.6 is 15.9 Å². The first-order valence-electron chi connectivity index (χ1n) is 8.85. The third-order valence-electron chi connectivity index (χ3n) is 3.85. The largest absolute Gasteiger partial charge is 0.483 e. The summed E-state index contributed by atoms with van der Waals surface area (Å²) in [6.07, 6.45) is 0. The zero-order chi connectivity index (χ0) is 20.9. The molecule has 0 aliphatic rings. The van der Waals surface area contributed by atoms with E-state index in [9.17, 15) is 14.7 Å². The average molecular weight is 449 g/mol. The summed E-state index contributed by atoms with van der Waals surface area (Å²) in [5.74, 6) is -0.578. The van der Waals surface area contributed by atoms with E-state index in [-0.39, 0.29) is 23.6 Å². The van der Waals surface area contributed by atoms with Crippen LogP contribution in [0.4, 0.5) is 5.69 Å². The number of rotatable bonds is 7. The highest BCUT2D eigenvalue weighted by Crippen LogP contribution is 2.25. The van der Waals surface area contributed by atoms with E-state index in [4.69, 9.17) is 4.74 Å². The molecule has 2 rings (SSSR count). The number of hydrogen-bond donors (Lipinski definition) is 3. The molecule has 7 heteroatoms. The highest BCUT2D eigenvalue weighted by Gasteiger charge is 2.15. The molecule has 6 nitrogen and oxygen atoms in total. The van der Waals surface area contributed by atoms with Crippen molar-refractivity contribution in [1.82, 2.24) is 5.32 Å². The van der Waals surface area contributed by atoms with Gasteiger partial charge in [0.15, 0.2) is 6.61 Å². The molecule has 0 radical (unpaired) electrons. The number of halogens is 1. The molecule has 3 N–H and O–H groups in total. The molecule has 1 amide bonds. The van der Waals surface area contributed by atoms with Crippen molar-refractivity contribution in [3.63, 3.8) is 0 Å². The number of anilines is 1. The fourth-order valence-electron chi connectivity index (χ4n) is 2.56. The quantitative estimate of drug-likeness (QED) is 0.585. The molecule has 2 aromatic rings. The van der Waals surface area contributed by atoms with Gasteiger partial charge in [0.25, 0.3) is 5.91 Å². The standard InChI is InChI=1S/C21H25BrN2O4/c1-13-5-6-14(20(26)27)10-17(13)23-11-15-9-16(22)7-8-18(15)28-12-19(25)24-21(2,3)4/h5-10,23H,11-12H2,1-4H3,(H,24,25)(H,26,27). The lowest BCUT2D eigenvalue weighted by atomic mass is 10.1. The van der Waals surface area contributed by atoms with Crippen molar-refractivity contribution in [2.45, 2.75) is 39.8 Å². The van der Waals surface area contributed by atoms with Crippen LogP contribution in [0.3, 0.4) is 0 Å². The Morgan fingerprint density at radius 2 is 1.86 bits per heavy atom. The van der Waals surface area contributed by atoms with Crippen LogP contribution in [0.5, 0.6) is 5.75 Å². The summed E-state index contributed by atoms with van der Waals surface area (Å²) in [7, 11) is 0. The highest BCUT2D eigenvalue weighted by molar-refractivity contribution is 9.10. The van der Waals surface area contributed by atoms with Crippen LogP contribution in [0.15, 0.2) is 40.9 Å². The molecule has 0 aliphatic carbocycles. The predicted octanol–water partition coefficient (Wildman–Crippen LogP) is 4.36. The second-order valence-corrected chi connectivity index (χ2v) is 8.44. The molecule has 0 bridgehead atoms. The lowest BCUT2D eigenvalue weighted by Crippen LogP contribution is -2.43. The van der Waals surface area contributed by atoms with Gasteiger partial charge in [0, 0.05) is 27.8 Å². The maximum atomic E-state index is 12.0. The predicted molar refractivity (Wildman–Crippen MR) is 113 cm³/mol. The summed E-state index contributed by atoms with van der Waals surface area (Å²) >= 11 is 3.45. The molecule has 0 saturated heterocycles. The average Bonchev–Trinajstić information content (AvgIpc) is 2.58. The minimum Gasteiger partial charge on any atom is -0.483 e. The molecule has 0 spiro atoms. The number of carbonyl (C=O) groups excluding carboxylic acids is 1. The summed E-state index contributed by atoms with van der Waals surface area (Å²) in [5, 5.41) is 15.3. The Morgan fingerprint density at radius 3 is 2.50 bits per heavy atom. The van der Waals surface area contributed by atoms with E-state index in [0.717, 1.165) is 21.3 Å². The monoisotopic (exact) mass is 448 g/mol. The number of carboxylic acid groups (broad SMARTS) is 1. The van der Waals surface area contributed by atoms with Gasteiger partial charge in [-0.15, -0.1) is 0 Å². The Labute approximate surface area is 173 Å². The summed E-state index contributed by atoms with van der Waals surface area (Å²) in [6.45, 7) is 7.97.